The molecule has 0 radical (unpaired) electrons. The van der Waals surface area contributed by atoms with Crippen molar-refractivity contribution >= 4 is 22.6 Å². The van der Waals surface area contributed by atoms with Crippen LogP contribution in [0.5, 0.6) is 0 Å². The molecule has 2 heterocycles. The second kappa shape index (κ2) is 7.92. The molecule has 28 heavy (non-hydrogen) atoms. The van der Waals surface area contributed by atoms with E-state index < -0.39 is 12.0 Å². The van der Waals surface area contributed by atoms with E-state index in [0.29, 0.717) is 12.2 Å². The van der Waals surface area contributed by atoms with Crippen LogP contribution in [0.4, 0.5) is 14.5 Å². The lowest BCUT2D eigenvalue weighted by atomic mass is 10.1. The number of nitrogens with zero attached hydrogens (tertiary/aromatic N) is 3. The van der Waals surface area contributed by atoms with Crippen molar-refractivity contribution in [3.05, 3.63) is 57.5 Å². The summed E-state index contributed by atoms with van der Waals surface area (Å²) in [7, 11) is 0. The van der Waals surface area contributed by atoms with Crippen molar-refractivity contribution in [2.24, 2.45) is 0 Å². The highest BCUT2D eigenvalue weighted by Gasteiger charge is 2.19. The molecular formula is C20H22F2N4O2. The molecule has 0 saturated heterocycles. The molecular weight excluding hydrogens is 366 g/mol. The number of benzene rings is 1. The molecule has 1 amide bonds. The highest BCUT2D eigenvalue weighted by atomic mass is 19.3. The average Bonchev–Trinajstić information content (AvgIpc) is 3.03. The summed E-state index contributed by atoms with van der Waals surface area (Å²) in [5.41, 5.74) is 1.98. The van der Waals surface area contributed by atoms with Gasteiger partial charge in [-0.3, -0.25) is 18.8 Å². The maximum Gasteiger partial charge on any atom is 0.264 e. The number of rotatable bonds is 6. The Hall–Kier alpha value is -3.03. The van der Waals surface area contributed by atoms with Gasteiger partial charge in [-0.2, -0.15) is 5.10 Å². The van der Waals surface area contributed by atoms with E-state index in [4.69, 9.17) is 0 Å². The number of nitrogens with one attached hydrogen (secondary N) is 1. The number of fused-ring (bicyclic) bond motifs is 1. The quantitative estimate of drug-likeness (QED) is 0.698. The zero-order valence-electron chi connectivity index (χ0n) is 16.0. The van der Waals surface area contributed by atoms with E-state index in [-0.39, 0.29) is 35.5 Å². The standard InChI is InChI=1S/C20H22F2N4O2/c1-4-25-11-16-15(19(21)22)10-18(28)26(20(16)24-25)6-5-17(27)23-14-8-12(2)7-13(3)9-14/h7-11,19H,4-6H2,1-3H3,(H,23,27). The molecule has 0 saturated carbocycles. The van der Waals surface area contributed by atoms with Crippen LogP contribution < -0.4 is 10.9 Å². The van der Waals surface area contributed by atoms with E-state index in [1.807, 2.05) is 39.0 Å². The summed E-state index contributed by atoms with van der Waals surface area (Å²) < 4.78 is 29.4. The van der Waals surface area contributed by atoms with E-state index in [0.717, 1.165) is 17.2 Å². The number of carbonyl (C=O) groups excluding carboxylic acids is 1. The Labute approximate surface area is 160 Å². The van der Waals surface area contributed by atoms with E-state index in [1.165, 1.54) is 15.4 Å². The van der Waals surface area contributed by atoms with Gasteiger partial charge in [0.15, 0.2) is 5.65 Å². The maximum absolute atomic E-state index is 13.3. The van der Waals surface area contributed by atoms with Crippen LogP contribution in [0.1, 0.15) is 36.5 Å². The topological polar surface area (TPSA) is 68.9 Å². The van der Waals surface area contributed by atoms with Crippen LogP contribution in [-0.4, -0.2) is 20.3 Å². The Morgan fingerprint density at radius 3 is 2.46 bits per heavy atom. The Kier molecular flexibility index (Phi) is 5.58. The summed E-state index contributed by atoms with van der Waals surface area (Å²) in [6.45, 7) is 6.24. The fraction of sp³-hybridized carbons (Fsp3) is 0.350. The molecule has 6 nitrogen and oxygen atoms in total. The van der Waals surface area contributed by atoms with Crippen molar-refractivity contribution in [1.29, 1.82) is 0 Å². The van der Waals surface area contributed by atoms with Crippen LogP contribution in [0, 0.1) is 13.8 Å². The van der Waals surface area contributed by atoms with Gasteiger partial charge in [0.2, 0.25) is 5.91 Å². The van der Waals surface area contributed by atoms with Crippen LogP contribution in [0.25, 0.3) is 11.0 Å². The highest BCUT2D eigenvalue weighted by Crippen LogP contribution is 2.26. The van der Waals surface area contributed by atoms with Crippen LogP contribution in [0.3, 0.4) is 0 Å². The predicted octanol–water partition coefficient (Wildman–Crippen LogP) is 3.80. The Balaban J connectivity index is 1.85. The fourth-order valence-electron chi connectivity index (χ4n) is 3.25. The average molecular weight is 388 g/mol. The van der Waals surface area contributed by atoms with Crippen LogP contribution >= 0.6 is 0 Å². The van der Waals surface area contributed by atoms with Gasteiger partial charge in [0, 0.05) is 48.4 Å². The number of aromatic nitrogens is 3. The molecule has 0 spiro atoms. The lowest BCUT2D eigenvalue weighted by molar-refractivity contribution is -0.116. The number of alkyl halides is 2. The summed E-state index contributed by atoms with van der Waals surface area (Å²) in [5, 5.41) is 7.27. The number of anilines is 1. The van der Waals surface area contributed by atoms with Gasteiger partial charge < -0.3 is 5.32 Å². The van der Waals surface area contributed by atoms with Gasteiger partial charge in [-0.05, 0) is 44.0 Å². The number of pyridine rings is 1. The molecule has 0 aliphatic carbocycles. The Bertz CT molecular complexity index is 1070. The number of carbonyl (C=O) groups is 1. The largest absolute Gasteiger partial charge is 0.326 e. The smallest absolute Gasteiger partial charge is 0.264 e. The number of amides is 1. The second-order valence-electron chi connectivity index (χ2n) is 6.79. The fourth-order valence-corrected chi connectivity index (χ4v) is 3.25. The molecule has 3 aromatic rings. The molecule has 8 heteroatoms. The number of hydrogen-bond donors (Lipinski definition) is 1. The Morgan fingerprint density at radius 2 is 1.86 bits per heavy atom. The zero-order valence-corrected chi connectivity index (χ0v) is 16.0. The molecule has 0 bridgehead atoms. The van der Waals surface area contributed by atoms with Crippen molar-refractivity contribution in [3.8, 4) is 0 Å². The van der Waals surface area contributed by atoms with Crippen LogP contribution in [0.15, 0.2) is 35.3 Å². The summed E-state index contributed by atoms with van der Waals surface area (Å²) in [6.07, 6.45) is -1.25. The molecule has 0 aliphatic heterocycles. The van der Waals surface area contributed by atoms with Gasteiger partial charge in [0.25, 0.3) is 12.0 Å². The summed E-state index contributed by atoms with van der Waals surface area (Å²) in [5.74, 6) is -0.266. The van der Waals surface area contributed by atoms with E-state index in [9.17, 15) is 18.4 Å². The monoisotopic (exact) mass is 388 g/mol. The van der Waals surface area contributed by atoms with E-state index >= 15 is 0 Å². The van der Waals surface area contributed by atoms with Crippen molar-refractivity contribution in [1.82, 2.24) is 14.3 Å². The van der Waals surface area contributed by atoms with Gasteiger partial charge >= 0.3 is 0 Å². The molecule has 0 unspecified atom stereocenters. The lowest BCUT2D eigenvalue weighted by Gasteiger charge is -2.10. The van der Waals surface area contributed by atoms with Crippen LogP contribution in [-0.2, 0) is 17.9 Å². The predicted molar refractivity (Wildman–Crippen MR) is 104 cm³/mol. The maximum atomic E-state index is 13.3. The molecule has 1 N–H and O–H groups in total. The third-order valence-electron chi connectivity index (χ3n) is 4.48. The molecule has 0 atom stereocenters. The zero-order chi connectivity index (χ0) is 20.4. The first-order valence-electron chi connectivity index (χ1n) is 9.05. The van der Waals surface area contributed by atoms with Gasteiger partial charge in [-0.15, -0.1) is 0 Å². The molecule has 1 aromatic carbocycles. The summed E-state index contributed by atoms with van der Waals surface area (Å²) in [4.78, 5) is 24.7. The Morgan fingerprint density at radius 1 is 1.18 bits per heavy atom. The summed E-state index contributed by atoms with van der Waals surface area (Å²) in [6, 6.07) is 6.64. The minimum atomic E-state index is -2.77. The van der Waals surface area contributed by atoms with Crippen molar-refractivity contribution in [2.45, 2.75) is 46.7 Å². The number of aryl methyl sites for hydroxylation is 4. The molecule has 148 valence electrons. The third kappa shape index (κ3) is 4.11. The van der Waals surface area contributed by atoms with Crippen molar-refractivity contribution in [2.75, 3.05) is 5.32 Å². The van der Waals surface area contributed by atoms with Gasteiger partial charge in [0.05, 0.1) is 0 Å². The second-order valence-corrected chi connectivity index (χ2v) is 6.79. The third-order valence-corrected chi connectivity index (χ3v) is 4.48. The number of halogens is 2. The lowest BCUT2D eigenvalue weighted by Crippen LogP contribution is -2.24. The van der Waals surface area contributed by atoms with Crippen molar-refractivity contribution < 1.29 is 13.6 Å². The molecule has 0 fully saturated rings. The first-order chi connectivity index (χ1) is 13.3. The SMILES string of the molecule is CCn1cc2c(C(F)F)cc(=O)n(CCC(=O)Nc3cc(C)cc(C)c3)c2n1. The molecule has 0 aliphatic rings. The van der Waals surface area contributed by atoms with Gasteiger partial charge in [0.1, 0.15) is 0 Å². The van der Waals surface area contributed by atoms with E-state index in [1.54, 1.807) is 0 Å². The van der Waals surface area contributed by atoms with Crippen LogP contribution in [0.2, 0.25) is 0 Å². The van der Waals surface area contributed by atoms with E-state index in [2.05, 4.69) is 10.4 Å². The normalized spacial score (nSPS) is 11.4. The molecule has 3 rings (SSSR count). The van der Waals surface area contributed by atoms with Gasteiger partial charge in [-0.25, -0.2) is 8.78 Å². The highest BCUT2D eigenvalue weighted by molar-refractivity contribution is 5.91. The first kappa shape index (κ1) is 19.7. The number of hydrogen-bond acceptors (Lipinski definition) is 3. The summed E-state index contributed by atoms with van der Waals surface area (Å²) >= 11 is 0. The minimum Gasteiger partial charge on any atom is -0.326 e. The van der Waals surface area contributed by atoms with Gasteiger partial charge in [-0.1, -0.05) is 6.07 Å². The minimum absolute atomic E-state index is 0.0228. The first-order valence-corrected chi connectivity index (χ1v) is 9.05. The molecule has 2 aromatic heterocycles. The van der Waals surface area contributed by atoms with Crippen molar-refractivity contribution in [3.63, 3.8) is 0 Å².